The fourth-order valence-corrected chi connectivity index (χ4v) is 2.90. The van der Waals surface area contributed by atoms with Crippen LogP contribution in [0.5, 0.6) is 5.88 Å². The molecule has 0 unspecified atom stereocenters. The number of pyridine rings is 1. The van der Waals surface area contributed by atoms with Crippen molar-refractivity contribution in [3.8, 4) is 5.88 Å². The molecule has 3 rings (SSSR count). The molecule has 150 valence electrons. The van der Waals surface area contributed by atoms with Crippen LogP contribution >= 0.6 is 0 Å². The number of anilines is 1. The van der Waals surface area contributed by atoms with Gasteiger partial charge in [0.05, 0.1) is 0 Å². The van der Waals surface area contributed by atoms with E-state index in [2.05, 4.69) is 10.3 Å². The molecule has 1 fully saturated rings. The predicted octanol–water partition coefficient (Wildman–Crippen LogP) is 2.28. The molecule has 1 aromatic rings. The van der Waals surface area contributed by atoms with E-state index in [1.54, 1.807) is 6.20 Å². The summed E-state index contributed by atoms with van der Waals surface area (Å²) in [5, 5.41) is 10.5. The fourth-order valence-electron chi connectivity index (χ4n) is 2.90. The summed E-state index contributed by atoms with van der Waals surface area (Å²) in [6.45, 7) is 7.51. The van der Waals surface area contributed by atoms with Gasteiger partial charge in [0.15, 0.2) is 5.60 Å². The molecule has 2 aliphatic rings. The van der Waals surface area contributed by atoms with Crippen LogP contribution in [0.15, 0.2) is 12.3 Å². The minimum atomic E-state index is -5.08. The maximum atomic E-state index is 12.8. The quantitative estimate of drug-likeness (QED) is 0.766. The molecule has 2 aliphatic heterocycles. The van der Waals surface area contributed by atoms with Gasteiger partial charge in [0.2, 0.25) is 5.88 Å². The van der Waals surface area contributed by atoms with Gasteiger partial charge in [-0.2, -0.15) is 13.2 Å². The SMILES string of the molecule is Cc1cnc2c(c1)N(C1CCNCC1)C(=O)C(C)(C)O2.O=C(O)C(F)(F)F. The van der Waals surface area contributed by atoms with Crippen molar-refractivity contribution >= 4 is 17.6 Å². The van der Waals surface area contributed by atoms with E-state index in [1.807, 2.05) is 31.7 Å². The number of fused-ring (bicyclic) bond motifs is 1. The number of rotatable bonds is 1. The summed E-state index contributed by atoms with van der Waals surface area (Å²) in [5.41, 5.74) is 1.01. The summed E-state index contributed by atoms with van der Waals surface area (Å²) in [6, 6.07) is 2.23. The van der Waals surface area contributed by atoms with Crippen LogP contribution in [-0.4, -0.2) is 52.9 Å². The Morgan fingerprint density at radius 3 is 2.44 bits per heavy atom. The lowest BCUT2D eigenvalue weighted by molar-refractivity contribution is -0.192. The summed E-state index contributed by atoms with van der Waals surface area (Å²) < 4.78 is 37.5. The number of ether oxygens (including phenoxy) is 1. The van der Waals surface area contributed by atoms with Crippen molar-refractivity contribution in [3.05, 3.63) is 17.8 Å². The van der Waals surface area contributed by atoms with Gasteiger partial charge in [-0.15, -0.1) is 0 Å². The second-order valence-electron chi connectivity index (χ2n) is 6.91. The average Bonchev–Trinajstić information content (AvgIpc) is 2.57. The van der Waals surface area contributed by atoms with Gasteiger partial charge in [0, 0.05) is 12.2 Å². The zero-order valence-electron chi connectivity index (χ0n) is 15.3. The number of aliphatic carboxylic acids is 1. The molecule has 0 radical (unpaired) electrons. The van der Waals surface area contributed by atoms with Crippen molar-refractivity contribution in [3.63, 3.8) is 0 Å². The summed E-state index contributed by atoms with van der Waals surface area (Å²) in [6.07, 6.45) is -1.37. The van der Waals surface area contributed by atoms with Gasteiger partial charge >= 0.3 is 12.1 Å². The third kappa shape index (κ3) is 4.88. The topological polar surface area (TPSA) is 91.8 Å². The van der Waals surface area contributed by atoms with Crippen LogP contribution in [0, 0.1) is 6.92 Å². The van der Waals surface area contributed by atoms with E-state index >= 15 is 0 Å². The highest BCUT2D eigenvalue weighted by atomic mass is 19.4. The van der Waals surface area contributed by atoms with Crippen LogP contribution in [0.2, 0.25) is 0 Å². The lowest BCUT2D eigenvalue weighted by Gasteiger charge is -2.43. The predicted molar refractivity (Wildman–Crippen MR) is 90.7 cm³/mol. The largest absolute Gasteiger partial charge is 0.490 e. The number of piperidine rings is 1. The zero-order chi connectivity index (χ0) is 20.4. The van der Waals surface area contributed by atoms with E-state index in [0.29, 0.717) is 5.88 Å². The van der Waals surface area contributed by atoms with Crippen molar-refractivity contribution in [1.82, 2.24) is 10.3 Å². The number of nitrogens with zero attached hydrogens (tertiary/aromatic N) is 2. The highest BCUT2D eigenvalue weighted by molar-refractivity contribution is 6.02. The summed E-state index contributed by atoms with van der Waals surface area (Å²) in [7, 11) is 0. The molecule has 0 bridgehead atoms. The summed E-state index contributed by atoms with van der Waals surface area (Å²) in [4.78, 5) is 27.9. The Labute approximate surface area is 154 Å². The maximum absolute atomic E-state index is 12.8. The van der Waals surface area contributed by atoms with Crippen molar-refractivity contribution in [2.75, 3.05) is 18.0 Å². The molecular formula is C17H22F3N3O4. The van der Waals surface area contributed by atoms with Crippen LogP contribution in [-0.2, 0) is 9.59 Å². The van der Waals surface area contributed by atoms with E-state index in [1.165, 1.54) is 0 Å². The van der Waals surface area contributed by atoms with Crippen molar-refractivity contribution in [2.24, 2.45) is 0 Å². The Hall–Kier alpha value is -2.36. The number of nitrogens with one attached hydrogen (secondary N) is 1. The molecule has 3 heterocycles. The van der Waals surface area contributed by atoms with Crippen LogP contribution in [0.25, 0.3) is 0 Å². The first-order valence-corrected chi connectivity index (χ1v) is 8.43. The third-order valence-electron chi connectivity index (χ3n) is 4.23. The Morgan fingerprint density at radius 1 is 1.37 bits per heavy atom. The van der Waals surface area contributed by atoms with Crippen molar-refractivity contribution in [1.29, 1.82) is 0 Å². The Bertz CT molecular complexity index is 716. The Balaban J connectivity index is 0.000000321. The van der Waals surface area contributed by atoms with E-state index in [4.69, 9.17) is 14.6 Å². The summed E-state index contributed by atoms with van der Waals surface area (Å²) >= 11 is 0. The molecule has 2 N–H and O–H groups in total. The Morgan fingerprint density at radius 2 is 1.93 bits per heavy atom. The average molecular weight is 389 g/mol. The fraction of sp³-hybridized carbons (Fsp3) is 0.588. The highest BCUT2D eigenvalue weighted by Gasteiger charge is 2.44. The lowest BCUT2D eigenvalue weighted by atomic mass is 9.98. The molecule has 1 aromatic heterocycles. The third-order valence-corrected chi connectivity index (χ3v) is 4.23. The number of carbonyl (C=O) groups excluding carboxylic acids is 1. The molecule has 0 saturated carbocycles. The minimum absolute atomic E-state index is 0.0318. The van der Waals surface area contributed by atoms with E-state index in [-0.39, 0.29) is 11.9 Å². The number of carbonyl (C=O) groups is 2. The number of alkyl halides is 3. The van der Waals surface area contributed by atoms with Gasteiger partial charge in [0.25, 0.3) is 5.91 Å². The number of carboxylic acids is 1. The van der Waals surface area contributed by atoms with Gasteiger partial charge in [-0.05, 0) is 58.3 Å². The highest BCUT2D eigenvalue weighted by Crippen LogP contribution is 2.38. The normalized spacial score (nSPS) is 19.5. The van der Waals surface area contributed by atoms with E-state index in [9.17, 15) is 18.0 Å². The maximum Gasteiger partial charge on any atom is 0.490 e. The van der Waals surface area contributed by atoms with Crippen LogP contribution in [0.1, 0.15) is 32.3 Å². The van der Waals surface area contributed by atoms with Crippen molar-refractivity contribution in [2.45, 2.75) is 51.4 Å². The van der Waals surface area contributed by atoms with Crippen LogP contribution < -0.4 is 15.0 Å². The number of carboxylic acid groups (broad SMARTS) is 1. The van der Waals surface area contributed by atoms with Gasteiger partial charge in [-0.1, -0.05) is 0 Å². The molecule has 0 aromatic carbocycles. The van der Waals surface area contributed by atoms with Gasteiger partial charge < -0.3 is 20.1 Å². The molecule has 1 amide bonds. The first kappa shape index (κ1) is 20.9. The molecule has 10 heteroatoms. The first-order valence-electron chi connectivity index (χ1n) is 8.43. The molecule has 27 heavy (non-hydrogen) atoms. The van der Waals surface area contributed by atoms with Gasteiger partial charge in [-0.3, -0.25) is 4.79 Å². The monoisotopic (exact) mass is 389 g/mol. The molecule has 0 aliphatic carbocycles. The van der Waals surface area contributed by atoms with Crippen LogP contribution in [0.4, 0.5) is 18.9 Å². The number of hydrogen-bond donors (Lipinski definition) is 2. The minimum Gasteiger partial charge on any atom is -0.475 e. The van der Waals surface area contributed by atoms with Gasteiger partial charge in [-0.25, -0.2) is 9.78 Å². The van der Waals surface area contributed by atoms with E-state index < -0.39 is 17.7 Å². The van der Waals surface area contributed by atoms with Gasteiger partial charge in [0.1, 0.15) is 5.69 Å². The van der Waals surface area contributed by atoms with E-state index in [0.717, 1.165) is 37.2 Å². The molecule has 0 atom stereocenters. The smallest absolute Gasteiger partial charge is 0.475 e. The number of hydrogen-bond acceptors (Lipinski definition) is 5. The standard InChI is InChI=1S/C15H21N3O2.C2HF3O2/c1-10-8-12-13(17-9-10)20-15(2,3)14(19)18(12)11-4-6-16-7-5-11;3-2(4,5)1(6)7/h8-9,11,16H,4-7H2,1-3H3;(H,6,7). The first-order chi connectivity index (χ1) is 12.4. The number of halogens is 3. The molecule has 7 nitrogen and oxygen atoms in total. The van der Waals surface area contributed by atoms with Crippen LogP contribution in [0.3, 0.4) is 0 Å². The lowest BCUT2D eigenvalue weighted by Crippen LogP contribution is -2.57. The zero-order valence-corrected chi connectivity index (χ0v) is 15.3. The van der Waals surface area contributed by atoms with Crippen molar-refractivity contribution < 1.29 is 32.6 Å². The second kappa shape index (κ2) is 7.71. The Kier molecular flexibility index (Phi) is 5.98. The number of aromatic nitrogens is 1. The summed E-state index contributed by atoms with van der Waals surface area (Å²) in [5.74, 6) is -2.16. The second-order valence-corrected chi connectivity index (χ2v) is 6.91. The molecular weight excluding hydrogens is 367 g/mol. The molecule has 1 saturated heterocycles. The molecule has 0 spiro atoms. The number of aryl methyl sites for hydroxylation is 1. The number of amides is 1.